The quantitative estimate of drug-likeness (QED) is 0.183. The number of thiazole rings is 1. The number of thiophene rings is 1. The van der Waals surface area contributed by atoms with E-state index in [1.807, 2.05) is 47.2 Å². The first-order chi connectivity index (χ1) is 17.4. The van der Waals surface area contributed by atoms with Crippen molar-refractivity contribution < 1.29 is 13.0 Å². The number of nitrogens with one attached hydrogen (secondary N) is 2. The van der Waals surface area contributed by atoms with E-state index in [4.69, 9.17) is 9.54 Å². The van der Waals surface area contributed by atoms with E-state index in [1.165, 1.54) is 16.9 Å². The average Bonchev–Trinajstić information content (AvgIpc) is 3.62. The molecular formula is C24H21N5O3S4. The predicted molar refractivity (Wildman–Crippen MR) is 146 cm³/mol. The van der Waals surface area contributed by atoms with Crippen molar-refractivity contribution in [2.75, 3.05) is 10.0 Å². The summed E-state index contributed by atoms with van der Waals surface area (Å²) in [6.45, 7) is 0. The molecule has 5 rings (SSSR count). The molecule has 8 nitrogen and oxygen atoms in total. The van der Waals surface area contributed by atoms with E-state index in [-0.39, 0.29) is 11.7 Å². The highest BCUT2D eigenvalue weighted by Gasteiger charge is 2.19. The van der Waals surface area contributed by atoms with Gasteiger partial charge in [0.25, 0.3) is 0 Å². The number of aromatic nitrogens is 3. The molecule has 2 aromatic carbocycles. The minimum absolute atomic E-state index is 0.173. The molecule has 0 aliphatic heterocycles. The molecule has 0 spiro atoms. The SMILES string of the molecule is O=S(=O)(O)Nc1ccc(CC(Nc2nnc(Cc3ccccc3)s2)c2csc(-c3cccs3)n2)cc1. The summed E-state index contributed by atoms with van der Waals surface area (Å²) in [6.07, 6.45) is 1.31. The van der Waals surface area contributed by atoms with Crippen molar-refractivity contribution >= 4 is 55.1 Å². The fraction of sp³-hybridized carbons (Fsp3) is 0.125. The summed E-state index contributed by atoms with van der Waals surface area (Å²) >= 11 is 4.76. The molecule has 0 saturated carbocycles. The fourth-order valence-electron chi connectivity index (χ4n) is 3.59. The van der Waals surface area contributed by atoms with Gasteiger partial charge in [-0.25, -0.2) is 4.98 Å². The molecule has 3 aromatic heterocycles. The van der Waals surface area contributed by atoms with Crippen LogP contribution in [0.1, 0.15) is 27.9 Å². The van der Waals surface area contributed by atoms with Gasteiger partial charge in [0.1, 0.15) is 10.0 Å². The standard InChI is InChI=1S/C24H21N5O3S4/c30-36(31,32)29-18-10-8-17(9-11-18)13-19(20-15-34-23(25-20)21-7-4-12-33-21)26-24-28-27-22(35-24)14-16-5-2-1-3-6-16/h1-12,15,19,29H,13-14H2,(H,26,28)(H,30,31,32). The number of nitrogens with zero attached hydrogens (tertiary/aromatic N) is 3. The zero-order valence-electron chi connectivity index (χ0n) is 18.7. The van der Waals surface area contributed by atoms with Gasteiger partial charge in [-0.2, -0.15) is 8.42 Å². The van der Waals surface area contributed by atoms with Gasteiger partial charge >= 0.3 is 10.3 Å². The van der Waals surface area contributed by atoms with Gasteiger partial charge in [0.15, 0.2) is 0 Å². The highest BCUT2D eigenvalue weighted by molar-refractivity contribution is 7.87. The predicted octanol–water partition coefficient (Wildman–Crippen LogP) is 5.92. The second-order valence-corrected chi connectivity index (χ2v) is 11.9. The van der Waals surface area contributed by atoms with Crippen LogP contribution >= 0.6 is 34.0 Å². The van der Waals surface area contributed by atoms with E-state index >= 15 is 0 Å². The van der Waals surface area contributed by atoms with Crippen molar-refractivity contribution in [3.8, 4) is 9.88 Å². The molecule has 3 N–H and O–H groups in total. The van der Waals surface area contributed by atoms with Crippen molar-refractivity contribution in [1.29, 1.82) is 0 Å². The normalized spacial score (nSPS) is 12.4. The van der Waals surface area contributed by atoms with Crippen LogP contribution in [0.4, 0.5) is 10.8 Å². The van der Waals surface area contributed by atoms with E-state index < -0.39 is 10.3 Å². The molecule has 1 unspecified atom stereocenters. The lowest BCUT2D eigenvalue weighted by Gasteiger charge is -2.16. The Morgan fingerprint density at radius 1 is 0.917 bits per heavy atom. The number of rotatable bonds is 10. The van der Waals surface area contributed by atoms with Crippen molar-refractivity contribution in [2.24, 2.45) is 0 Å². The highest BCUT2D eigenvalue weighted by atomic mass is 32.2. The Morgan fingerprint density at radius 3 is 2.44 bits per heavy atom. The first-order valence-electron chi connectivity index (χ1n) is 10.9. The maximum atomic E-state index is 11.1. The lowest BCUT2D eigenvalue weighted by atomic mass is 10.0. The van der Waals surface area contributed by atoms with E-state index in [1.54, 1.807) is 34.8 Å². The van der Waals surface area contributed by atoms with Crippen molar-refractivity contribution in [3.63, 3.8) is 0 Å². The summed E-state index contributed by atoms with van der Waals surface area (Å²) in [6, 6.07) is 20.9. The monoisotopic (exact) mass is 555 g/mol. The van der Waals surface area contributed by atoms with E-state index in [9.17, 15) is 8.42 Å². The van der Waals surface area contributed by atoms with Crippen LogP contribution in [0.2, 0.25) is 0 Å². The third-order valence-corrected chi connectivity index (χ3v) is 8.46. The summed E-state index contributed by atoms with van der Waals surface area (Å²) in [5, 5.41) is 18.9. The molecule has 5 aromatic rings. The Bertz CT molecular complexity index is 1520. The lowest BCUT2D eigenvalue weighted by molar-refractivity contribution is 0.489. The van der Waals surface area contributed by atoms with Crippen LogP contribution in [0.3, 0.4) is 0 Å². The number of anilines is 2. The summed E-state index contributed by atoms with van der Waals surface area (Å²) in [7, 11) is -4.32. The number of hydrogen-bond donors (Lipinski definition) is 3. The third kappa shape index (κ3) is 6.53. The molecule has 0 fully saturated rings. The third-order valence-electron chi connectivity index (χ3n) is 5.21. The van der Waals surface area contributed by atoms with Crippen molar-refractivity contribution in [2.45, 2.75) is 18.9 Å². The Labute approximate surface area is 220 Å². The summed E-state index contributed by atoms with van der Waals surface area (Å²) in [5.41, 5.74) is 3.32. The van der Waals surface area contributed by atoms with Gasteiger partial charge in [0, 0.05) is 11.8 Å². The molecule has 0 bridgehead atoms. The minimum atomic E-state index is -4.32. The van der Waals surface area contributed by atoms with Gasteiger partial charge in [-0.05, 0) is 41.1 Å². The number of hydrogen-bond acceptors (Lipinski definition) is 9. The Hall–Kier alpha value is -3.16. The molecule has 0 radical (unpaired) electrons. The summed E-state index contributed by atoms with van der Waals surface area (Å²) < 4.78 is 33.2. The van der Waals surface area contributed by atoms with Gasteiger partial charge in [-0.1, -0.05) is 59.9 Å². The van der Waals surface area contributed by atoms with Gasteiger partial charge in [0.2, 0.25) is 5.13 Å². The van der Waals surface area contributed by atoms with Gasteiger partial charge in [-0.15, -0.1) is 32.9 Å². The maximum absolute atomic E-state index is 11.1. The lowest BCUT2D eigenvalue weighted by Crippen LogP contribution is -2.14. The average molecular weight is 556 g/mol. The molecule has 0 saturated heterocycles. The van der Waals surface area contributed by atoms with E-state index in [0.717, 1.165) is 26.1 Å². The molecule has 1 atom stereocenters. The second-order valence-electron chi connectivity index (χ2n) is 7.89. The maximum Gasteiger partial charge on any atom is 0.357 e. The zero-order valence-corrected chi connectivity index (χ0v) is 22.0. The smallest absolute Gasteiger partial charge is 0.351 e. The molecule has 36 heavy (non-hydrogen) atoms. The molecule has 0 aliphatic rings. The topological polar surface area (TPSA) is 117 Å². The van der Waals surface area contributed by atoms with Crippen molar-refractivity contribution in [1.82, 2.24) is 15.2 Å². The van der Waals surface area contributed by atoms with Crippen LogP contribution in [0.25, 0.3) is 9.88 Å². The minimum Gasteiger partial charge on any atom is -0.351 e. The zero-order chi connectivity index (χ0) is 25.0. The Balaban J connectivity index is 1.37. The van der Waals surface area contributed by atoms with Crippen LogP contribution in [0, 0.1) is 0 Å². The fourth-order valence-corrected chi connectivity index (χ4v) is 6.53. The van der Waals surface area contributed by atoms with Gasteiger partial charge in [-0.3, -0.25) is 9.27 Å². The van der Waals surface area contributed by atoms with E-state index in [0.29, 0.717) is 18.0 Å². The summed E-state index contributed by atoms with van der Waals surface area (Å²) in [4.78, 5) is 6.00. The first-order valence-corrected chi connectivity index (χ1v) is 14.9. The first kappa shape index (κ1) is 24.5. The van der Waals surface area contributed by atoms with Gasteiger partial charge < -0.3 is 5.32 Å². The molecule has 3 heterocycles. The highest BCUT2D eigenvalue weighted by Crippen LogP contribution is 2.33. The van der Waals surface area contributed by atoms with Crippen LogP contribution in [-0.2, 0) is 23.1 Å². The van der Waals surface area contributed by atoms with Crippen LogP contribution in [-0.4, -0.2) is 28.2 Å². The molecule has 0 amide bonds. The van der Waals surface area contributed by atoms with Gasteiger partial charge in [0.05, 0.1) is 22.3 Å². The molecule has 0 aliphatic carbocycles. The molecule has 12 heteroatoms. The second kappa shape index (κ2) is 10.8. The summed E-state index contributed by atoms with van der Waals surface area (Å²) in [5.74, 6) is 0. The van der Waals surface area contributed by atoms with Crippen LogP contribution < -0.4 is 10.0 Å². The Morgan fingerprint density at radius 2 is 1.72 bits per heavy atom. The van der Waals surface area contributed by atoms with Crippen LogP contribution in [0.15, 0.2) is 77.5 Å². The van der Waals surface area contributed by atoms with Crippen molar-refractivity contribution in [3.05, 3.63) is 99.3 Å². The van der Waals surface area contributed by atoms with Crippen LogP contribution in [0.5, 0.6) is 0 Å². The Kier molecular flexibility index (Phi) is 7.39. The largest absolute Gasteiger partial charge is 0.357 e. The molecule has 184 valence electrons. The molecular weight excluding hydrogens is 535 g/mol. The van der Waals surface area contributed by atoms with E-state index in [2.05, 4.69) is 38.4 Å². The number of benzene rings is 2.